The van der Waals surface area contributed by atoms with Gasteiger partial charge in [0.05, 0.1) is 0 Å². The Hall–Kier alpha value is -0.460. The number of likely N-dealkylation sites (tertiary alicyclic amines) is 1. The first-order valence-electron chi connectivity index (χ1n) is 9.50. The maximum Gasteiger partial charge on any atom is 0.191 e. The smallest absolute Gasteiger partial charge is 0.191 e. The van der Waals surface area contributed by atoms with Crippen molar-refractivity contribution in [3.63, 3.8) is 0 Å². The predicted octanol–water partition coefficient (Wildman–Crippen LogP) is 2.33. The Kier molecular flexibility index (Phi) is 8.70. The summed E-state index contributed by atoms with van der Waals surface area (Å²) in [6.45, 7) is 8.52. The van der Waals surface area contributed by atoms with Crippen molar-refractivity contribution in [1.29, 1.82) is 0 Å². The van der Waals surface area contributed by atoms with E-state index in [0.29, 0.717) is 4.75 Å². The highest BCUT2D eigenvalue weighted by atomic mass is 32.2. The minimum Gasteiger partial charge on any atom is -0.381 e. The summed E-state index contributed by atoms with van der Waals surface area (Å²) in [5.41, 5.74) is 0. The fourth-order valence-electron chi connectivity index (χ4n) is 3.64. The van der Waals surface area contributed by atoms with E-state index in [1.165, 1.54) is 38.8 Å². The van der Waals surface area contributed by atoms with Crippen LogP contribution >= 0.6 is 11.8 Å². The van der Waals surface area contributed by atoms with Gasteiger partial charge in [-0.25, -0.2) is 0 Å². The van der Waals surface area contributed by atoms with Crippen LogP contribution in [0.4, 0.5) is 0 Å². The molecular weight excluding hydrogens is 320 g/mol. The maximum absolute atomic E-state index is 5.51. The highest BCUT2D eigenvalue weighted by Crippen LogP contribution is 2.32. The molecule has 0 bridgehead atoms. The summed E-state index contributed by atoms with van der Waals surface area (Å²) in [5.74, 6) is 0.932. The van der Waals surface area contributed by atoms with Crippen LogP contribution in [0.2, 0.25) is 0 Å². The number of aliphatic imine (C=N–C) groups is 1. The monoisotopic (exact) mass is 356 g/mol. The van der Waals surface area contributed by atoms with Crippen molar-refractivity contribution in [2.45, 2.75) is 56.2 Å². The van der Waals surface area contributed by atoms with Crippen molar-refractivity contribution >= 4 is 17.7 Å². The summed E-state index contributed by atoms with van der Waals surface area (Å²) < 4.78 is 5.80. The van der Waals surface area contributed by atoms with E-state index in [9.17, 15) is 0 Å². The second kappa shape index (κ2) is 10.5. The van der Waals surface area contributed by atoms with Crippen molar-refractivity contribution in [3.05, 3.63) is 0 Å². The van der Waals surface area contributed by atoms with E-state index in [1.807, 2.05) is 18.8 Å². The Labute approximate surface area is 152 Å². The lowest BCUT2D eigenvalue weighted by Crippen LogP contribution is -2.48. The SMILES string of the molecule is CN=C(NCCCN1CCCCC1C)NCC1(SC)CCOCC1. The highest BCUT2D eigenvalue weighted by molar-refractivity contribution is 8.00. The number of piperidine rings is 1. The van der Waals surface area contributed by atoms with Gasteiger partial charge in [-0.05, 0) is 51.8 Å². The summed E-state index contributed by atoms with van der Waals surface area (Å²) in [5, 5.41) is 7.00. The predicted molar refractivity (Wildman–Crippen MR) is 105 cm³/mol. The number of thioether (sulfide) groups is 1. The molecule has 2 saturated heterocycles. The van der Waals surface area contributed by atoms with Gasteiger partial charge < -0.3 is 20.3 Å². The molecule has 1 unspecified atom stereocenters. The van der Waals surface area contributed by atoms with Crippen LogP contribution in [0.5, 0.6) is 0 Å². The first-order chi connectivity index (χ1) is 11.7. The van der Waals surface area contributed by atoms with E-state index in [-0.39, 0.29) is 0 Å². The molecule has 0 aromatic heterocycles. The summed E-state index contributed by atoms with van der Waals surface area (Å²) in [7, 11) is 1.86. The van der Waals surface area contributed by atoms with Gasteiger partial charge in [0.15, 0.2) is 5.96 Å². The van der Waals surface area contributed by atoms with Crippen LogP contribution in [0, 0.1) is 0 Å². The third-order valence-electron chi connectivity index (χ3n) is 5.49. The maximum atomic E-state index is 5.51. The Morgan fingerprint density at radius 2 is 2.08 bits per heavy atom. The van der Waals surface area contributed by atoms with E-state index in [2.05, 4.69) is 33.7 Å². The third kappa shape index (κ3) is 6.12. The molecule has 24 heavy (non-hydrogen) atoms. The Bertz CT molecular complexity index is 385. The summed E-state index contributed by atoms with van der Waals surface area (Å²) in [4.78, 5) is 7.01. The molecule has 0 aromatic rings. The second-order valence-corrected chi connectivity index (χ2v) is 8.36. The molecule has 2 fully saturated rings. The molecule has 1 atom stereocenters. The van der Waals surface area contributed by atoms with Gasteiger partial charge in [0.2, 0.25) is 0 Å². The molecule has 0 amide bonds. The quantitative estimate of drug-likeness (QED) is 0.416. The molecule has 2 aliphatic heterocycles. The lowest BCUT2D eigenvalue weighted by atomic mass is 9.99. The van der Waals surface area contributed by atoms with Crippen molar-refractivity contribution in [1.82, 2.24) is 15.5 Å². The zero-order valence-electron chi connectivity index (χ0n) is 15.8. The lowest BCUT2D eigenvalue weighted by Gasteiger charge is -2.36. The molecule has 6 heteroatoms. The molecule has 2 aliphatic rings. The van der Waals surface area contributed by atoms with Crippen molar-refractivity contribution in [2.24, 2.45) is 4.99 Å². The normalized spacial score (nSPS) is 25.5. The van der Waals surface area contributed by atoms with Gasteiger partial charge in [0, 0.05) is 50.7 Å². The van der Waals surface area contributed by atoms with Crippen LogP contribution < -0.4 is 10.6 Å². The number of nitrogens with zero attached hydrogens (tertiary/aromatic N) is 2. The van der Waals surface area contributed by atoms with Crippen molar-refractivity contribution in [3.8, 4) is 0 Å². The van der Waals surface area contributed by atoms with Crippen LogP contribution in [0.3, 0.4) is 0 Å². The fourth-order valence-corrected chi connectivity index (χ4v) is 4.43. The first kappa shape index (κ1) is 19.9. The highest BCUT2D eigenvalue weighted by Gasteiger charge is 2.31. The van der Waals surface area contributed by atoms with E-state index in [1.54, 1.807) is 0 Å². The Morgan fingerprint density at radius 1 is 1.29 bits per heavy atom. The van der Waals surface area contributed by atoms with E-state index in [4.69, 9.17) is 4.74 Å². The second-order valence-electron chi connectivity index (χ2n) is 7.09. The minimum absolute atomic E-state index is 0.291. The number of guanidine groups is 1. The Morgan fingerprint density at radius 3 is 2.75 bits per heavy atom. The zero-order chi connectivity index (χ0) is 17.3. The molecule has 0 radical (unpaired) electrons. The summed E-state index contributed by atoms with van der Waals surface area (Å²) in [6, 6.07) is 0.756. The van der Waals surface area contributed by atoms with Gasteiger partial charge in [-0.3, -0.25) is 4.99 Å². The summed E-state index contributed by atoms with van der Waals surface area (Å²) in [6.07, 6.45) is 9.73. The average molecular weight is 357 g/mol. The lowest BCUT2D eigenvalue weighted by molar-refractivity contribution is 0.0783. The molecule has 2 N–H and O–H groups in total. The number of hydrogen-bond acceptors (Lipinski definition) is 4. The zero-order valence-corrected chi connectivity index (χ0v) is 16.6. The van der Waals surface area contributed by atoms with Gasteiger partial charge in [0.25, 0.3) is 0 Å². The van der Waals surface area contributed by atoms with Crippen LogP contribution in [0.15, 0.2) is 4.99 Å². The molecule has 0 aromatic carbocycles. The third-order valence-corrected chi connectivity index (χ3v) is 6.91. The molecular formula is C18H36N4OS. The molecule has 0 spiro atoms. The van der Waals surface area contributed by atoms with E-state index >= 15 is 0 Å². The van der Waals surface area contributed by atoms with Crippen LogP contribution in [-0.4, -0.2) is 74.3 Å². The van der Waals surface area contributed by atoms with Gasteiger partial charge in [-0.1, -0.05) is 6.42 Å². The molecule has 2 rings (SSSR count). The van der Waals surface area contributed by atoms with Crippen molar-refractivity contribution < 1.29 is 4.74 Å². The van der Waals surface area contributed by atoms with Crippen LogP contribution in [-0.2, 0) is 4.74 Å². The first-order valence-corrected chi connectivity index (χ1v) is 10.7. The largest absolute Gasteiger partial charge is 0.381 e. The van der Waals surface area contributed by atoms with Crippen molar-refractivity contribution in [2.75, 3.05) is 52.7 Å². The van der Waals surface area contributed by atoms with E-state index in [0.717, 1.165) is 51.1 Å². The van der Waals surface area contributed by atoms with Gasteiger partial charge in [-0.15, -0.1) is 0 Å². The molecule has 5 nitrogen and oxygen atoms in total. The van der Waals surface area contributed by atoms with Gasteiger partial charge in [0.1, 0.15) is 0 Å². The minimum atomic E-state index is 0.291. The molecule has 2 heterocycles. The topological polar surface area (TPSA) is 48.9 Å². The number of ether oxygens (including phenoxy) is 1. The standard InChI is InChI=1S/C18H36N4OS/c1-16-7-4-5-11-22(16)12-6-10-20-17(19-2)21-15-18(24-3)8-13-23-14-9-18/h16H,4-15H2,1-3H3,(H2,19,20,21). The fraction of sp³-hybridized carbons (Fsp3) is 0.944. The van der Waals surface area contributed by atoms with Gasteiger partial charge >= 0.3 is 0 Å². The summed E-state index contributed by atoms with van der Waals surface area (Å²) >= 11 is 1.96. The number of rotatable bonds is 7. The average Bonchev–Trinajstić information content (AvgIpc) is 2.63. The molecule has 0 aliphatic carbocycles. The number of nitrogens with one attached hydrogen (secondary N) is 2. The van der Waals surface area contributed by atoms with Gasteiger partial charge in [-0.2, -0.15) is 11.8 Å². The van der Waals surface area contributed by atoms with E-state index < -0.39 is 0 Å². The Balaban J connectivity index is 1.65. The van der Waals surface area contributed by atoms with Crippen LogP contribution in [0.1, 0.15) is 45.4 Å². The molecule has 140 valence electrons. The molecule has 0 saturated carbocycles. The number of hydrogen-bond donors (Lipinski definition) is 2. The van der Waals surface area contributed by atoms with Crippen LogP contribution in [0.25, 0.3) is 0 Å².